The van der Waals surface area contributed by atoms with Crippen molar-refractivity contribution >= 4 is 29.5 Å². The Morgan fingerprint density at radius 3 is 2.56 bits per heavy atom. The Balaban J connectivity index is 2.36. The number of rotatable bonds is 4. The summed E-state index contributed by atoms with van der Waals surface area (Å²) in [5.74, 6) is -1.11. The molecule has 6 heteroatoms. The van der Waals surface area contributed by atoms with E-state index in [2.05, 4.69) is 0 Å². The molecule has 2 rings (SSSR count). The molecule has 1 heterocycles. The maximum atomic E-state index is 11.3. The van der Waals surface area contributed by atoms with Gasteiger partial charge in [0.05, 0.1) is 5.38 Å². The van der Waals surface area contributed by atoms with E-state index in [1.54, 1.807) is 0 Å². The van der Waals surface area contributed by atoms with Crippen molar-refractivity contribution in [3.63, 3.8) is 0 Å². The van der Waals surface area contributed by atoms with Crippen molar-refractivity contribution in [1.82, 2.24) is 4.57 Å². The van der Waals surface area contributed by atoms with Gasteiger partial charge in [-0.05, 0) is 17.8 Å². The molecule has 0 aliphatic rings. The zero-order chi connectivity index (χ0) is 13.1. The Hall–Kier alpha value is -1.66. The average molecular weight is 281 g/mol. The van der Waals surface area contributed by atoms with Gasteiger partial charge < -0.3 is 10.2 Å². The van der Waals surface area contributed by atoms with Gasteiger partial charge in [-0.2, -0.15) is 0 Å². The largest absolute Gasteiger partial charge is 0.494 e. The Morgan fingerprint density at radius 1 is 1.39 bits per heavy atom. The summed E-state index contributed by atoms with van der Waals surface area (Å²) in [5, 5.41) is 20.4. The Bertz CT molecular complexity index is 603. The number of hydrogen-bond donors (Lipinski definition) is 2. The number of nitrogens with zero attached hydrogens (tertiary/aromatic N) is 1. The maximum Gasteiger partial charge on any atom is 0.327 e. The number of carboxylic acid groups (broad SMARTS) is 1. The van der Waals surface area contributed by atoms with Gasteiger partial charge in [0.1, 0.15) is 6.04 Å². The van der Waals surface area contributed by atoms with Crippen LogP contribution in [0.2, 0.25) is 0 Å². The number of hydrogen-bond acceptors (Lipinski definition) is 4. The lowest BCUT2D eigenvalue weighted by molar-refractivity contribution is -0.141. The van der Waals surface area contributed by atoms with Crippen LogP contribution < -0.4 is 0 Å². The second kappa shape index (κ2) is 5.32. The Morgan fingerprint density at radius 2 is 2.06 bits per heavy atom. The molecule has 0 fully saturated rings. The SMILES string of the molecule is O=C(O)C(Cc1ccccc1)n1c(O)csc1=S. The Labute approximate surface area is 113 Å². The highest BCUT2D eigenvalue weighted by Crippen LogP contribution is 2.25. The van der Waals surface area contributed by atoms with Crippen LogP contribution >= 0.6 is 23.6 Å². The van der Waals surface area contributed by atoms with Gasteiger partial charge in [0.25, 0.3) is 0 Å². The molecule has 1 aromatic heterocycles. The molecule has 0 saturated heterocycles. The van der Waals surface area contributed by atoms with Crippen LogP contribution in [0.1, 0.15) is 11.6 Å². The van der Waals surface area contributed by atoms with E-state index in [-0.39, 0.29) is 12.3 Å². The zero-order valence-corrected chi connectivity index (χ0v) is 10.9. The fraction of sp³-hybridized carbons (Fsp3) is 0.167. The lowest BCUT2D eigenvalue weighted by Gasteiger charge is -2.15. The fourth-order valence-electron chi connectivity index (χ4n) is 1.72. The molecule has 1 unspecified atom stereocenters. The molecular weight excluding hydrogens is 270 g/mol. The predicted octanol–water partition coefficient (Wildman–Crippen LogP) is 2.85. The van der Waals surface area contributed by atoms with Gasteiger partial charge in [-0.15, -0.1) is 11.3 Å². The van der Waals surface area contributed by atoms with Crippen molar-refractivity contribution in [3.05, 3.63) is 45.2 Å². The summed E-state index contributed by atoms with van der Waals surface area (Å²) in [7, 11) is 0. The molecule has 0 bridgehead atoms. The molecule has 1 aromatic carbocycles. The first-order chi connectivity index (χ1) is 8.59. The molecule has 18 heavy (non-hydrogen) atoms. The van der Waals surface area contributed by atoms with Gasteiger partial charge in [0.15, 0.2) is 3.95 Å². The number of carbonyl (C=O) groups is 1. The van der Waals surface area contributed by atoms with Crippen molar-refractivity contribution in [1.29, 1.82) is 0 Å². The van der Waals surface area contributed by atoms with Gasteiger partial charge in [0, 0.05) is 6.42 Å². The number of carboxylic acids is 1. The lowest BCUT2D eigenvalue weighted by atomic mass is 10.1. The lowest BCUT2D eigenvalue weighted by Crippen LogP contribution is -2.21. The summed E-state index contributed by atoms with van der Waals surface area (Å²) in [6.07, 6.45) is 0.286. The molecule has 1 atom stereocenters. The number of aromatic hydroxyl groups is 1. The summed E-state index contributed by atoms with van der Waals surface area (Å²) in [6.45, 7) is 0. The topological polar surface area (TPSA) is 62.5 Å². The van der Waals surface area contributed by atoms with E-state index in [4.69, 9.17) is 12.2 Å². The molecular formula is C12H11NO3S2. The smallest absolute Gasteiger partial charge is 0.327 e. The second-order valence-electron chi connectivity index (χ2n) is 3.77. The minimum Gasteiger partial charge on any atom is -0.494 e. The monoisotopic (exact) mass is 281 g/mol. The van der Waals surface area contributed by atoms with E-state index >= 15 is 0 Å². The minimum atomic E-state index is -1.01. The third-order valence-electron chi connectivity index (χ3n) is 2.58. The first-order valence-corrected chi connectivity index (χ1v) is 6.54. The summed E-state index contributed by atoms with van der Waals surface area (Å²) in [5.41, 5.74) is 0.886. The van der Waals surface area contributed by atoms with Crippen molar-refractivity contribution in [3.8, 4) is 5.88 Å². The number of benzene rings is 1. The normalized spacial score (nSPS) is 12.2. The van der Waals surface area contributed by atoms with Crippen LogP contribution in [0.15, 0.2) is 35.7 Å². The summed E-state index contributed by atoms with van der Waals surface area (Å²) < 4.78 is 1.63. The van der Waals surface area contributed by atoms with E-state index in [1.807, 2.05) is 30.3 Å². The zero-order valence-electron chi connectivity index (χ0n) is 9.31. The van der Waals surface area contributed by atoms with Gasteiger partial charge >= 0.3 is 5.97 Å². The van der Waals surface area contributed by atoms with Gasteiger partial charge in [-0.1, -0.05) is 30.3 Å². The highest BCUT2D eigenvalue weighted by Gasteiger charge is 2.23. The molecule has 0 amide bonds. The highest BCUT2D eigenvalue weighted by molar-refractivity contribution is 7.73. The quantitative estimate of drug-likeness (QED) is 0.846. The van der Waals surface area contributed by atoms with Crippen LogP contribution in [0.3, 0.4) is 0 Å². The van der Waals surface area contributed by atoms with Crippen LogP contribution in [-0.4, -0.2) is 20.7 Å². The fourth-order valence-corrected chi connectivity index (χ4v) is 2.74. The standard InChI is InChI=1S/C12H11NO3S2/c14-10-7-18-12(17)13(10)9(11(15)16)6-8-4-2-1-3-5-8/h1-5,7,9,14H,6H2,(H,15,16). The molecule has 2 aromatic rings. The van der Waals surface area contributed by atoms with E-state index in [0.29, 0.717) is 3.95 Å². The van der Waals surface area contributed by atoms with Gasteiger partial charge in [0.2, 0.25) is 5.88 Å². The minimum absolute atomic E-state index is 0.103. The summed E-state index contributed by atoms with van der Waals surface area (Å²) in [4.78, 5) is 11.3. The maximum absolute atomic E-state index is 11.3. The Kier molecular flexibility index (Phi) is 3.78. The highest BCUT2D eigenvalue weighted by atomic mass is 32.1. The van der Waals surface area contributed by atoms with Crippen molar-refractivity contribution in [2.24, 2.45) is 0 Å². The van der Waals surface area contributed by atoms with Crippen molar-refractivity contribution in [2.45, 2.75) is 12.5 Å². The van der Waals surface area contributed by atoms with Crippen LogP contribution in [-0.2, 0) is 11.2 Å². The van der Waals surface area contributed by atoms with E-state index in [0.717, 1.165) is 16.9 Å². The predicted molar refractivity (Wildman–Crippen MR) is 71.6 cm³/mol. The van der Waals surface area contributed by atoms with Crippen LogP contribution in [0.25, 0.3) is 0 Å². The molecule has 0 saturated carbocycles. The van der Waals surface area contributed by atoms with E-state index in [1.165, 1.54) is 9.95 Å². The van der Waals surface area contributed by atoms with Crippen LogP contribution in [0.4, 0.5) is 0 Å². The van der Waals surface area contributed by atoms with Crippen molar-refractivity contribution < 1.29 is 15.0 Å². The number of thiazole rings is 1. The van der Waals surface area contributed by atoms with Gasteiger partial charge in [-0.25, -0.2) is 4.79 Å². The first kappa shape index (κ1) is 12.8. The van der Waals surface area contributed by atoms with Crippen LogP contribution in [0, 0.1) is 3.95 Å². The summed E-state index contributed by atoms with van der Waals surface area (Å²) >= 11 is 6.19. The number of aromatic nitrogens is 1. The molecule has 0 aliphatic heterocycles. The average Bonchev–Trinajstić information content (AvgIpc) is 2.67. The first-order valence-electron chi connectivity index (χ1n) is 5.25. The molecule has 0 spiro atoms. The van der Waals surface area contributed by atoms with E-state index in [9.17, 15) is 15.0 Å². The number of aliphatic carboxylic acids is 1. The molecule has 0 aliphatic carbocycles. The van der Waals surface area contributed by atoms with Crippen LogP contribution in [0.5, 0.6) is 5.88 Å². The molecule has 94 valence electrons. The third kappa shape index (κ3) is 2.60. The van der Waals surface area contributed by atoms with E-state index < -0.39 is 12.0 Å². The molecule has 4 nitrogen and oxygen atoms in total. The second-order valence-corrected chi connectivity index (χ2v) is 5.28. The molecule has 0 radical (unpaired) electrons. The van der Waals surface area contributed by atoms with Gasteiger partial charge in [-0.3, -0.25) is 4.57 Å². The van der Waals surface area contributed by atoms with Crippen molar-refractivity contribution in [2.75, 3.05) is 0 Å². The molecule has 2 N–H and O–H groups in total. The summed E-state index contributed by atoms with van der Waals surface area (Å²) in [6, 6.07) is 8.38. The third-order valence-corrected chi connectivity index (χ3v) is 3.79.